The minimum absolute atomic E-state index is 0.0721. The lowest BCUT2D eigenvalue weighted by Crippen LogP contribution is -2.27. The van der Waals surface area contributed by atoms with Crippen LogP contribution in [-0.2, 0) is 4.79 Å². The second kappa shape index (κ2) is 8.84. The number of aliphatic carboxylic acids is 1. The fourth-order valence-electron chi connectivity index (χ4n) is 2.33. The third-order valence-electron chi connectivity index (χ3n) is 3.59. The van der Waals surface area contributed by atoms with Crippen molar-refractivity contribution in [3.63, 3.8) is 0 Å². The van der Waals surface area contributed by atoms with Gasteiger partial charge in [0.2, 0.25) is 0 Å². The smallest absolute Gasteiger partial charge is 0.341 e. The highest BCUT2D eigenvalue weighted by Crippen LogP contribution is 2.24. The summed E-state index contributed by atoms with van der Waals surface area (Å²) in [6.07, 6.45) is 0. The molecule has 2 aromatic rings. The van der Waals surface area contributed by atoms with E-state index < -0.39 is 24.3 Å². The molecule has 1 atom stereocenters. The number of hydrogen-bond acceptors (Lipinski definition) is 4. The van der Waals surface area contributed by atoms with Crippen molar-refractivity contribution in [3.8, 4) is 11.5 Å². The van der Waals surface area contributed by atoms with E-state index in [1.54, 1.807) is 38.1 Å². The maximum Gasteiger partial charge on any atom is 0.341 e. The van der Waals surface area contributed by atoms with Crippen molar-refractivity contribution in [2.45, 2.75) is 19.9 Å². The lowest BCUT2D eigenvalue weighted by molar-refractivity contribution is -0.139. The van der Waals surface area contributed by atoms with E-state index in [1.807, 2.05) is 0 Å². The Labute approximate surface area is 150 Å². The van der Waals surface area contributed by atoms with Gasteiger partial charge in [-0.1, -0.05) is 18.2 Å². The summed E-state index contributed by atoms with van der Waals surface area (Å²) in [5.41, 5.74) is 0.912. The summed E-state index contributed by atoms with van der Waals surface area (Å²) in [6.45, 7) is 3.31. The zero-order valence-corrected chi connectivity index (χ0v) is 14.5. The highest BCUT2D eigenvalue weighted by atomic mass is 19.1. The molecule has 0 aromatic heterocycles. The Balaban J connectivity index is 2.07. The molecule has 138 valence electrons. The van der Waals surface area contributed by atoms with Crippen LogP contribution >= 0.6 is 0 Å². The van der Waals surface area contributed by atoms with Crippen LogP contribution in [0.15, 0.2) is 42.5 Å². The van der Waals surface area contributed by atoms with Gasteiger partial charge in [-0.2, -0.15) is 0 Å². The number of carboxylic acids is 1. The van der Waals surface area contributed by atoms with Crippen molar-refractivity contribution < 1.29 is 28.6 Å². The molecule has 2 rings (SSSR count). The van der Waals surface area contributed by atoms with Crippen LogP contribution in [0.2, 0.25) is 0 Å². The molecule has 0 radical (unpaired) electrons. The van der Waals surface area contributed by atoms with Crippen molar-refractivity contribution in [1.29, 1.82) is 0 Å². The summed E-state index contributed by atoms with van der Waals surface area (Å²) in [4.78, 5) is 23.0. The van der Waals surface area contributed by atoms with Crippen LogP contribution in [0.1, 0.15) is 35.8 Å². The predicted octanol–water partition coefficient (Wildman–Crippen LogP) is 3.18. The number of carboxylic acid groups (broad SMARTS) is 1. The van der Waals surface area contributed by atoms with Gasteiger partial charge in [0.1, 0.15) is 5.75 Å². The minimum Gasteiger partial charge on any atom is -0.490 e. The average Bonchev–Trinajstić information content (AvgIpc) is 2.62. The molecule has 0 saturated carbocycles. The molecule has 2 aromatic carbocycles. The molecule has 6 nitrogen and oxygen atoms in total. The number of para-hydroxylation sites is 1. The summed E-state index contributed by atoms with van der Waals surface area (Å²) < 4.78 is 24.2. The van der Waals surface area contributed by atoms with Crippen LogP contribution < -0.4 is 14.8 Å². The standard InChI is InChI=1S/C19H20FNO5/c1-3-25-18-15(5-4-6-16(18)20)19(24)21-12(2)13-7-9-14(10-8-13)26-11-17(22)23/h4-10,12H,3,11H2,1-2H3,(H,21,24)(H,22,23). The van der Waals surface area contributed by atoms with Gasteiger partial charge < -0.3 is 19.9 Å². The molecule has 2 N–H and O–H groups in total. The fourth-order valence-corrected chi connectivity index (χ4v) is 2.33. The fraction of sp³-hybridized carbons (Fsp3) is 0.263. The maximum atomic E-state index is 13.9. The quantitative estimate of drug-likeness (QED) is 0.754. The monoisotopic (exact) mass is 361 g/mol. The molecular formula is C19H20FNO5. The SMILES string of the molecule is CCOc1c(F)cccc1C(=O)NC(C)c1ccc(OCC(=O)O)cc1. The van der Waals surface area contributed by atoms with Crippen LogP contribution in [0.5, 0.6) is 11.5 Å². The Morgan fingerprint density at radius 3 is 2.46 bits per heavy atom. The van der Waals surface area contributed by atoms with Crippen LogP contribution in [0.4, 0.5) is 4.39 Å². The van der Waals surface area contributed by atoms with Crippen molar-refractivity contribution in [1.82, 2.24) is 5.32 Å². The molecule has 0 heterocycles. The third kappa shape index (κ3) is 4.95. The molecule has 0 spiro atoms. The number of carbonyl (C=O) groups excluding carboxylic acids is 1. The number of nitrogens with one attached hydrogen (secondary N) is 1. The second-order valence-corrected chi connectivity index (χ2v) is 5.50. The van der Waals surface area contributed by atoms with Crippen LogP contribution in [0, 0.1) is 5.82 Å². The van der Waals surface area contributed by atoms with Gasteiger partial charge in [-0.15, -0.1) is 0 Å². The maximum absolute atomic E-state index is 13.9. The molecule has 1 amide bonds. The van der Waals surface area contributed by atoms with Gasteiger partial charge in [0.05, 0.1) is 18.2 Å². The number of halogens is 1. The minimum atomic E-state index is -1.06. The molecule has 0 aliphatic carbocycles. The number of hydrogen-bond donors (Lipinski definition) is 2. The van der Waals surface area contributed by atoms with Crippen molar-refractivity contribution >= 4 is 11.9 Å². The van der Waals surface area contributed by atoms with Crippen LogP contribution in [0.25, 0.3) is 0 Å². The molecular weight excluding hydrogens is 341 g/mol. The molecule has 0 aliphatic rings. The Morgan fingerprint density at radius 1 is 1.15 bits per heavy atom. The lowest BCUT2D eigenvalue weighted by atomic mass is 10.1. The topological polar surface area (TPSA) is 84.9 Å². The third-order valence-corrected chi connectivity index (χ3v) is 3.59. The summed E-state index contributed by atoms with van der Waals surface area (Å²) in [6, 6.07) is 10.5. The largest absolute Gasteiger partial charge is 0.490 e. The van der Waals surface area contributed by atoms with Crippen molar-refractivity contribution in [3.05, 3.63) is 59.4 Å². The van der Waals surface area contributed by atoms with Crippen molar-refractivity contribution in [2.75, 3.05) is 13.2 Å². The van der Waals surface area contributed by atoms with Crippen LogP contribution in [-0.4, -0.2) is 30.2 Å². The van der Waals surface area contributed by atoms with E-state index >= 15 is 0 Å². The van der Waals surface area contributed by atoms with E-state index in [9.17, 15) is 14.0 Å². The first-order chi connectivity index (χ1) is 12.4. The normalized spacial score (nSPS) is 11.5. The first-order valence-corrected chi connectivity index (χ1v) is 8.09. The highest BCUT2D eigenvalue weighted by molar-refractivity contribution is 5.97. The summed E-state index contributed by atoms with van der Waals surface area (Å²) in [7, 11) is 0. The Morgan fingerprint density at radius 2 is 1.85 bits per heavy atom. The number of benzene rings is 2. The van der Waals surface area contributed by atoms with Gasteiger partial charge in [-0.3, -0.25) is 4.79 Å². The van der Waals surface area contributed by atoms with E-state index in [1.165, 1.54) is 18.2 Å². The van der Waals surface area contributed by atoms with E-state index in [0.717, 1.165) is 5.56 Å². The highest BCUT2D eigenvalue weighted by Gasteiger charge is 2.18. The second-order valence-electron chi connectivity index (χ2n) is 5.50. The molecule has 1 unspecified atom stereocenters. The molecule has 0 saturated heterocycles. The number of ether oxygens (including phenoxy) is 2. The van der Waals surface area contributed by atoms with Gasteiger partial charge in [-0.05, 0) is 43.7 Å². The zero-order valence-electron chi connectivity index (χ0n) is 14.5. The molecule has 0 bridgehead atoms. The lowest BCUT2D eigenvalue weighted by Gasteiger charge is -2.17. The molecule has 0 fully saturated rings. The van der Waals surface area contributed by atoms with Crippen LogP contribution in [0.3, 0.4) is 0 Å². The van der Waals surface area contributed by atoms with E-state index in [0.29, 0.717) is 5.75 Å². The van der Waals surface area contributed by atoms with Gasteiger partial charge in [-0.25, -0.2) is 9.18 Å². The Bertz CT molecular complexity index is 776. The molecule has 0 aliphatic heterocycles. The van der Waals surface area contributed by atoms with E-state index in [2.05, 4.69) is 5.32 Å². The number of amides is 1. The van der Waals surface area contributed by atoms with E-state index in [-0.39, 0.29) is 24.0 Å². The predicted molar refractivity (Wildman–Crippen MR) is 93.0 cm³/mol. The Hall–Kier alpha value is -3.09. The van der Waals surface area contributed by atoms with E-state index in [4.69, 9.17) is 14.6 Å². The average molecular weight is 361 g/mol. The Kier molecular flexibility index (Phi) is 6.54. The van der Waals surface area contributed by atoms with Gasteiger partial charge in [0.15, 0.2) is 18.2 Å². The summed E-state index contributed by atoms with van der Waals surface area (Å²) in [5, 5.41) is 11.4. The van der Waals surface area contributed by atoms with Gasteiger partial charge >= 0.3 is 5.97 Å². The van der Waals surface area contributed by atoms with Gasteiger partial charge in [0, 0.05) is 0 Å². The first kappa shape index (κ1) is 19.2. The summed E-state index contributed by atoms with van der Waals surface area (Å²) >= 11 is 0. The molecule has 7 heteroatoms. The number of rotatable bonds is 8. The number of carbonyl (C=O) groups is 2. The zero-order chi connectivity index (χ0) is 19.1. The van der Waals surface area contributed by atoms with Gasteiger partial charge in [0.25, 0.3) is 5.91 Å². The van der Waals surface area contributed by atoms with Crippen molar-refractivity contribution in [2.24, 2.45) is 0 Å². The first-order valence-electron chi connectivity index (χ1n) is 8.09. The summed E-state index contributed by atoms with van der Waals surface area (Å²) in [5.74, 6) is -1.76. The molecule has 26 heavy (non-hydrogen) atoms.